The van der Waals surface area contributed by atoms with Gasteiger partial charge in [-0.05, 0) is 62.7 Å². The quantitative estimate of drug-likeness (QED) is 0.788. The molecule has 114 valence electrons. The van der Waals surface area contributed by atoms with Crippen molar-refractivity contribution in [2.45, 2.75) is 38.6 Å². The average Bonchev–Trinajstić information content (AvgIpc) is 2.99. The van der Waals surface area contributed by atoms with Gasteiger partial charge in [0.1, 0.15) is 5.75 Å². The highest BCUT2D eigenvalue weighted by atomic mass is 32.1. The highest BCUT2D eigenvalue weighted by Gasteiger charge is 2.11. The largest absolute Gasteiger partial charge is 0.496 e. The predicted octanol–water partition coefficient (Wildman–Crippen LogP) is 4.22. The summed E-state index contributed by atoms with van der Waals surface area (Å²) in [6.45, 7) is 2.13. The highest BCUT2D eigenvalue weighted by molar-refractivity contribution is 7.09. The topological polar surface area (TPSA) is 21.3 Å². The van der Waals surface area contributed by atoms with Crippen molar-refractivity contribution in [3.8, 4) is 5.75 Å². The molecule has 0 saturated carbocycles. The van der Waals surface area contributed by atoms with Crippen LogP contribution in [0.15, 0.2) is 35.7 Å². The van der Waals surface area contributed by atoms with Crippen LogP contribution in [0.4, 0.5) is 0 Å². The van der Waals surface area contributed by atoms with E-state index in [1.54, 1.807) is 7.11 Å². The number of methoxy groups -OCH3 is 1. The molecule has 2 rings (SSSR count). The van der Waals surface area contributed by atoms with Crippen LogP contribution in [0.25, 0.3) is 0 Å². The minimum atomic E-state index is 0.501. The second-order valence-electron chi connectivity index (χ2n) is 5.48. The lowest BCUT2D eigenvalue weighted by molar-refractivity contribution is 0.403. The molecule has 0 bridgehead atoms. The molecule has 0 saturated heterocycles. The van der Waals surface area contributed by atoms with Crippen LogP contribution in [-0.4, -0.2) is 20.2 Å². The Kier molecular flexibility index (Phi) is 6.27. The second-order valence-corrected chi connectivity index (χ2v) is 6.51. The van der Waals surface area contributed by atoms with Crippen molar-refractivity contribution in [1.82, 2.24) is 5.32 Å². The van der Waals surface area contributed by atoms with Crippen molar-refractivity contribution in [3.05, 3.63) is 51.7 Å². The van der Waals surface area contributed by atoms with E-state index in [0.717, 1.165) is 12.2 Å². The van der Waals surface area contributed by atoms with E-state index in [4.69, 9.17) is 4.74 Å². The van der Waals surface area contributed by atoms with Crippen molar-refractivity contribution in [2.24, 2.45) is 0 Å². The van der Waals surface area contributed by atoms with Gasteiger partial charge in [-0.3, -0.25) is 0 Å². The van der Waals surface area contributed by atoms with Gasteiger partial charge >= 0.3 is 0 Å². The lowest BCUT2D eigenvalue weighted by atomic mass is 9.98. The molecule has 0 aliphatic carbocycles. The maximum Gasteiger partial charge on any atom is 0.122 e. The van der Waals surface area contributed by atoms with Crippen LogP contribution in [0.3, 0.4) is 0 Å². The number of likely N-dealkylation sites (N-methyl/N-ethyl adjacent to an activating group) is 1. The molecule has 1 atom stereocenters. The molecule has 1 aromatic heterocycles. The Bertz CT molecular complexity index is 536. The van der Waals surface area contributed by atoms with Gasteiger partial charge in [0.15, 0.2) is 0 Å². The SMILES string of the molecule is CNC(CCCc1cccs1)Cc1cc(C)ccc1OC. The molecular formula is C18H25NOS. The van der Waals surface area contributed by atoms with Crippen LogP contribution in [0, 0.1) is 6.92 Å². The van der Waals surface area contributed by atoms with Crippen molar-refractivity contribution in [2.75, 3.05) is 14.2 Å². The van der Waals surface area contributed by atoms with Crippen LogP contribution in [0.1, 0.15) is 28.8 Å². The molecule has 2 aromatic rings. The monoisotopic (exact) mass is 303 g/mol. The zero-order valence-corrected chi connectivity index (χ0v) is 14.0. The first-order valence-corrected chi connectivity index (χ1v) is 8.44. The number of hydrogen-bond acceptors (Lipinski definition) is 3. The molecule has 3 heteroatoms. The summed E-state index contributed by atoms with van der Waals surface area (Å²) in [5.74, 6) is 0.999. The highest BCUT2D eigenvalue weighted by Crippen LogP contribution is 2.22. The standard InChI is InChI=1S/C18H25NOS/c1-14-9-10-18(20-3)15(12-14)13-16(19-2)6-4-7-17-8-5-11-21-17/h5,8-12,16,19H,4,6-7,13H2,1-3H3. The van der Waals surface area contributed by atoms with E-state index in [1.807, 2.05) is 11.3 Å². The third-order valence-electron chi connectivity index (χ3n) is 3.87. The van der Waals surface area contributed by atoms with Gasteiger partial charge in [0.2, 0.25) is 0 Å². The number of benzene rings is 1. The molecule has 0 radical (unpaired) electrons. The first-order valence-electron chi connectivity index (χ1n) is 7.56. The smallest absolute Gasteiger partial charge is 0.122 e. The first kappa shape index (κ1) is 16.1. The predicted molar refractivity (Wildman–Crippen MR) is 91.5 cm³/mol. The molecule has 21 heavy (non-hydrogen) atoms. The minimum absolute atomic E-state index is 0.501. The van der Waals surface area contributed by atoms with Gasteiger partial charge in [0, 0.05) is 10.9 Å². The summed E-state index contributed by atoms with van der Waals surface area (Å²) in [5.41, 5.74) is 2.59. The maximum atomic E-state index is 5.48. The molecule has 0 aliphatic rings. The zero-order valence-electron chi connectivity index (χ0n) is 13.2. The van der Waals surface area contributed by atoms with E-state index in [-0.39, 0.29) is 0 Å². The lowest BCUT2D eigenvalue weighted by Gasteiger charge is -2.18. The maximum absolute atomic E-state index is 5.48. The number of ether oxygens (including phenoxy) is 1. The van der Waals surface area contributed by atoms with Gasteiger partial charge in [0.05, 0.1) is 7.11 Å². The number of thiophene rings is 1. The molecule has 1 unspecified atom stereocenters. The summed E-state index contributed by atoms with van der Waals surface area (Å²) in [6, 6.07) is 11.3. The van der Waals surface area contributed by atoms with E-state index in [9.17, 15) is 0 Å². The Morgan fingerprint density at radius 2 is 2.14 bits per heavy atom. The van der Waals surface area contributed by atoms with Gasteiger partial charge in [-0.25, -0.2) is 0 Å². The molecule has 1 aromatic carbocycles. The van der Waals surface area contributed by atoms with Crippen molar-refractivity contribution in [3.63, 3.8) is 0 Å². The number of nitrogens with one attached hydrogen (secondary N) is 1. The normalized spacial score (nSPS) is 12.3. The van der Waals surface area contributed by atoms with E-state index >= 15 is 0 Å². The summed E-state index contributed by atoms with van der Waals surface area (Å²) >= 11 is 1.85. The van der Waals surface area contributed by atoms with Crippen LogP contribution < -0.4 is 10.1 Å². The van der Waals surface area contributed by atoms with Gasteiger partial charge in [-0.1, -0.05) is 23.8 Å². The summed E-state index contributed by atoms with van der Waals surface area (Å²) in [6.07, 6.45) is 4.61. The fourth-order valence-electron chi connectivity index (χ4n) is 2.66. The van der Waals surface area contributed by atoms with Crippen LogP contribution in [-0.2, 0) is 12.8 Å². The van der Waals surface area contributed by atoms with Crippen molar-refractivity contribution >= 4 is 11.3 Å². The van der Waals surface area contributed by atoms with Gasteiger partial charge < -0.3 is 10.1 Å². The fourth-order valence-corrected chi connectivity index (χ4v) is 3.41. The molecule has 1 heterocycles. The van der Waals surface area contributed by atoms with Crippen molar-refractivity contribution < 1.29 is 4.74 Å². The van der Waals surface area contributed by atoms with Gasteiger partial charge in [-0.2, -0.15) is 0 Å². The molecule has 2 nitrogen and oxygen atoms in total. The average molecular weight is 303 g/mol. The Labute approximate surface area is 132 Å². The minimum Gasteiger partial charge on any atom is -0.496 e. The molecule has 0 spiro atoms. The Balaban J connectivity index is 1.90. The summed E-state index contributed by atoms with van der Waals surface area (Å²) in [5, 5.41) is 5.60. The summed E-state index contributed by atoms with van der Waals surface area (Å²) < 4.78 is 5.48. The first-order chi connectivity index (χ1) is 10.2. The van der Waals surface area contributed by atoms with Crippen molar-refractivity contribution in [1.29, 1.82) is 0 Å². The number of aryl methyl sites for hydroxylation is 2. The molecule has 0 aliphatic heterocycles. The van der Waals surface area contributed by atoms with Crippen LogP contribution in [0.5, 0.6) is 5.75 Å². The third-order valence-corrected chi connectivity index (χ3v) is 4.80. The zero-order chi connectivity index (χ0) is 15.1. The van der Waals surface area contributed by atoms with E-state index < -0.39 is 0 Å². The molecule has 0 fully saturated rings. The Hall–Kier alpha value is -1.32. The Morgan fingerprint density at radius 1 is 1.29 bits per heavy atom. The molecule has 0 amide bonds. The van der Waals surface area contributed by atoms with Gasteiger partial charge in [-0.15, -0.1) is 11.3 Å². The second kappa shape index (κ2) is 8.20. The lowest BCUT2D eigenvalue weighted by Crippen LogP contribution is -2.27. The van der Waals surface area contributed by atoms with E-state index in [1.165, 1.54) is 35.3 Å². The Morgan fingerprint density at radius 3 is 2.81 bits per heavy atom. The van der Waals surface area contributed by atoms with E-state index in [0.29, 0.717) is 6.04 Å². The molecule has 1 N–H and O–H groups in total. The number of rotatable bonds is 8. The van der Waals surface area contributed by atoms with Gasteiger partial charge in [0.25, 0.3) is 0 Å². The van der Waals surface area contributed by atoms with Crippen LogP contribution in [0.2, 0.25) is 0 Å². The van der Waals surface area contributed by atoms with Crippen LogP contribution >= 0.6 is 11.3 Å². The number of hydrogen-bond donors (Lipinski definition) is 1. The third kappa shape index (κ3) is 4.87. The summed E-state index contributed by atoms with van der Waals surface area (Å²) in [7, 11) is 3.80. The summed E-state index contributed by atoms with van der Waals surface area (Å²) in [4.78, 5) is 1.48. The molecular weight excluding hydrogens is 278 g/mol. The fraction of sp³-hybridized carbons (Fsp3) is 0.444. The van der Waals surface area contributed by atoms with E-state index in [2.05, 4.69) is 55.0 Å².